The van der Waals surface area contributed by atoms with Crippen LogP contribution in [-0.2, 0) is 9.59 Å². The van der Waals surface area contributed by atoms with Gasteiger partial charge in [-0.25, -0.2) is 0 Å². The number of para-hydroxylation sites is 1. The van der Waals surface area contributed by atoms with Crippen molar-refractivity contribution in [1.29, 1.82) is 0 Å². The molecule has 1 aliphatic heterocycles. The highest BCUT2D eigenvalue weighted by molar-refractivity contribution is 5.84. The number of ether oxygens (including phenoxy) is 1. The van der Waals surface area contributed by atoms with E-state index >= 15 is 0 Å². The van der Waals surface area contributed by atoms with Crippen LogP contribution in [0.4, 0.5) is 0 Å². The highest BCUT2D eigenvalue weighted by atomic mass is 16.5. The number of rotatable bonds is 6. The lowest BCUT2D eigenvalue weighted by Crippen LogP contribution is -2.52. The second kappa shape index (κ2) is 9.40. The van der Waals surface area contributed by atoms with E-state index in [9.17, 15) is 9.59 Å². The van der Waals surface area contributed by atoms with Crippen LogP contribution < -0.4 is 4.74 Å². The van der Waals surface area contributed by atoms with Crippen LogP contribution in [0.3, 0.4) is 0 Å². The lowest BCUT2D eigenvalue weighted by molar-refractivity contribution is -0.142. The molecular weight excluding hydrogens is 352 g/mol. The quantitative estimate of drug-likeness (QED) is 0.773. The lowest BCUT2D eigenvalue weighted by atomic mass is 9.87. The fraction of sp³-hybridized carbons (Fsp3) is 0.391. The minimum Gasteiger partial charge on any atom is -0.484 e. The highest BCUT2D eigenvalue weighted by Crippen LogP contribution is 2.27. The Morgan fingerprint density at radius 3 is 1.96 bits per heavy atom. The summed E-state index contributed by atoms with van der Waals surface area (Å²) >= 11 is 0. The summed E-state index contributed by atoms with van der Waals surface area (Å²) in [6.07, 6.45) is 0. The smallest absolute Gasteiger partial charge is 0.260 e. The Morgan fingerprint density at radius 1 is 0.857 bits per heavy atom. The zero-order chi connectivity index (χ0) is 19.9. The molecule has 5 heteroatoms. The van der Waals surface area contributed by atoms with E-state index in [1.807, 2.05) is 65.6 Å². The van der Waals surface area contributed by atoms with E-state index < -0.39 is 0 Å². The highest BCUT2D eigenvalue weighted by Gasteiger charge is 2.31. The number of amides is 2. The Kier molecular flexibility index (Phi) is 6.69. The zero-order valence-electron chi connectivity index (χ0n) is 16.6. The van der Waals surface area contributed by atoms with Crippen molar-refractivity contribution in [2.75, 3.05) is 32.8 Å². The molecule has 2 aromatic carbocycles. The van der Waals surface area contributed by atoms with Gasteiger partial charge in [0.05, 0.1) is 5.92 Å². The maximum Gasteiger partial charge on any atom is 0.260 e. The molecule has 1 heterocycles. The second-order valence-corrected chi connectivity index (χ2v) is 7.44. The molecule has 0 spiro atoms. The van der Waals surface area contributed by atoms with Gasteiger partial charge in [0, 0.05) is 26.2 Å². The standard InChI is InChI=1S/C23H28N2O3/c1-18(2)22(19-9-5-3-6-10-19)23(27)25-15-13-24(14-16-25)21(26)17-28-20-11-7-4-8-12-20/h3-12,18,22H,13-17H2,1-2H3. The molecule has 28 heavy (non-hydrogen) atoms. The first-order valence-corrected chi connectivity index (χ1v) is 9.85. The zero-order valence-corrected chi connectivity index (χ0v) is 16.6. The summed E-state index contributed by atoms with van der Waals surface area (Å²) in [4.78, 5) is 29.2. The topological polar surface area (TPSA) is 49.9 Å². The molecule has 3 rings (SSSR count). The van der Waals surface area contributed by atoms with Gasteiger partial charge in [0.1, 0.15) is 5.75 Å². The van der Waals surface area contributed by atoms with Gasteiger partial charge < -0.3 is 14.5 Å². The number of hydrogen-bond acceptors (Lipinski definition) is 3. The van der Waals surface area contributed by atoms with Gasteiger partial charge in [0.15, 0.2) is 6.61 Å². The maximum absolute atomic E-state index is 13.1. The maximum atomic E-state index is 13.1. The lowest BCUT2D eigenvalue weighted by Gasteiger charge is -2.37. The normalized spacial score (nSPS) is 15.4. The molecular formula is C23H28N2O3. The second-order valence-electron chi connectivity index (χ2n) is 7.44. The van der Waals surface area contributed by atoms with Gasteiger partial charge in [0.25, 0.3) is 5.91 Å². The summed E-state index contributed by atoms with van der Waals surface area (Å²) < 4.78 is 5.55. The molecule has 148 valence electrons. The molecule has 1 unspecified atom stereocenters. The van der Waals surface area contributed by atoms with Crippen LogP contribution in [0.5, 0.6) is 5.75 Å². The van der Waals surface area contributed by atoms with Gasteiger partial charge in [-0.15, -0.1) is 0 Å². The van der Waals surface area contributed by atoms with Gasteiger partial charge in [0.2, 0.25) is 5.91 Å². The van der Waals surface area contributed by atoms with Crippen molar-refractivity contribution >= 4 is 11.8 Å². The van der Waals surface area contributed by atoms with Gasteiger partial charge >= 0.3 is 0 Å². The number of carbonyl (C=O) groups is 2. The average Bonchev–Trinajstić information content (AvgIpc) is 2.73. The van der Waals surface area contributed by atoms with Crippen LogP contribution in [0.1, 0.15) is 25.3 Å². The first kappa shape index (κ1) is 19.9. The van der Waals surface area contributed by atoms with Crippen molar-refractivity contribution in [3.63, 3.8) is 0 Å². The molecule has 0 bridgehead atoms. The monoisotopic (exact) mass is 380 g/mol. The number of carbonyl (C=O) groups excluding carboxylic acids is 2. The summed E-state index contributed by atoms with van der Waals surface area (Å²) in [7, 11) is 0. The summed E-state index contributed by atoms with van der Waals surface area (Å²) in [5.41, 5.74) is 1.05. The summed E-state index contributed by atoms with van der Waals surface area (Å²) in [5, 5.41) is 0. The van der Waals surface area contributed by atoms with E-state index in [0.717, 1.165) is 5.56 Å². The molecule has 0 aliphatic carbocycles. The summed E-state index contributed by atoms with van der Waals surface area (Å²) in [5.74, 6) is 0.860. The van der Waals surface area contributed by atoms with Crippen molar-refractivity contribution in [2.24, 2.45) is 5.92 Å². The largest absolute Gasteiger partial charge is 0.484 e. The van der Waals surface area contributed by atoms with Gasteiger partial charge in [-0.05, 0) is 23.6 Å². The third kappa shape index (κ3) is 4.91. The van der Waals surface area contributed by atoms with Crippen molar-refractivity contribution < 1.29 is 14.3 Å². The van der Waals surface area contributed by atoms with E-state index in [0.29, 0.717) is 31.9 Å². The molecule has 2 amide bonds. The SMILES string of the molecule is CC(C)C(C(=O)N1CCN(C(=O)COc2ccccc2)CC1)c1ccccc1. The molecule has 1 atom stereocenters. The Balaban J connectivity index is 1.54. The molecule has 1 fully saturated rings. The summed E-state index contributed by atoms with van der Waals surface area (Å²) in [6.45, 7) is 6.39. The third-order valence-electron chi connectivity index (χ3n) is 5.14. The van der Waals surface area contributed by atoms with E-state index in [4.69, 9.17) is 4.74 Å². The van der Waals surface area contributed by atoms with E-state index in [1.165, 1.54) is 0 Å². The van der Waals surface area contributed by atoms with Gasteiger partial charge in [-0.1, -0.05) is 62.4 Å². The fourth-order valence-corrected chi connectivity index (χ4v) is 3.60. The summed E-state index contributed by atoms with van der Waals surface area (Å²) in [6, 6.07) is 19.3. The van der Waals surface area contributed by atoms with E-state index in [2.05, 4.69) is 13.8 Å². The number of benzene rings is 2. The molecule has 5 nitrogen and oxygen atoms in total. The van der Waals surface area contributed by atoms with Crippen molar-refractivity contribution in [3.8, 4) is 5.75 Å². The average molecular weight is 380 g/mol. The molecule has 0 N–H and O–H groups in total. The van der Waals surface area contributed by atoms with Crippen molar-refractivity contribution in [3.05, 3.63) is 66.2 Å². The molecule has 1 saturated heterocycles. The van der Waals surface area contributed by atoms with E-state index in [-0.39, 0.29) is 30.3 Å². The predicted octanol–water partition coefficient (Wildman–Crippen LogP) is 3.18. The molecule has 1 aliphatic rings. The predicted molar refractivity (Wildman–Crippen MR) is 109 cm³/mol. The number of nitrogens with zero attached hydrogens (tertiary/aromatic N) is 2. The minimum atomic E-state index is -0.148. The minimum absolute atomic E-state index is 0.0244. The molecule has 0 aromatic heterocycles. The number of hydrogen-bond donors (Lipinski definition) is 0. The van der Waals surface area contributed by atoms with Crippen LogP contribution in [-0.4, -0.2) is 54.4 Å². The first-order valence-electron chi connectivity index (χ1n) is 9.85. The van der Waals surface area contributed by atoms with Crippen LogP contribution in [0, 0.1) is 5.92 Å². The van der Waals surface area contributed by atoms with Crippen molar-refractivity contribution in [1.82, 2.24) is 9.80 Å². The van der Waals surface area contributed by atoms with Crippen LogP contribution in [0.15, 0.2) is 60.7 Å². The van der Waals surface area contributed by atoms with Crippen LogP contribution >= 0.6 is 0 Å². The first-order chi connectivity index (χ1) is 13.6. The fourth-order valence-electron chi connectivity index (χ4n) is 3.60. The van der Waals surface area contributed by atoms with Crippen LogP contribution in [0.25, 0.3) is 0 Å². The third-order valence-corrected chi connectivity index (χ3v) is 5.14. The van der Waals surface area contributed by atoms with Gasteiger partial charge in [-0.3, -0.25) is 9.59 Å². The Labute approximate surface area is 166 Å². The van der Waals surface area contributed by atoms with E-state index in [1.54, 1.807) is 4.90 Å². The Bertz CT molecular complexity index is 769. The Hall–Kier alpha value is -2.82. The number of piperazine rings is 1. The van der Waals surface area contributed by atoms with Crippen molar-refractivity contribution in [2.45, 2.75) is 19.8 Å². The molecule has 0 radical (unpaired) electrons. The van der Waals surface area contributed by atoms with Gasteiger partial charge in [-0.2, -0.15) is 0 Å². The van der Waals surface area contributed by atoms with Crippen LogP contribution in [0.2, 0.25) is 0 Å². The Morgan fingerprint density at radius 2 is 1.39 bits per heavy atom. The molecule has 0 saturated carbocycles. The molecule has 2 aromatic rings.